The van der Waals surface area contributed by atoms with Crippen molar-refractivity contribution in [2.24, 2.45) is 11.7 Å². The van der Waals surface area contributed by atoms with Gasteiger partial charge in [-0.3, -0.25) is 9.59 Å². The molecule has 24 heavy (non-hydrogen) atoms. The molecule has 0 unspecified atom stereocenters. The summed E-state index contributed by atoms with van der Waals surface area (Å²) in [7, 11) is 1.52. The van der Waals surface area contributed by atoms with Gasteiger partial charge in [-0.25, -0.2) is 0 Å². The predicted octanol–water partition coefficient (Wildman–Crippen LogP) is 2.89. The smallest absolute Gasteiger partial charge is 0.238 e. The molecule has 2 amide bonds. The van der Waals surface area contributed by atoms with E-state index in [1.165, 1.54) is 39.2 Å². The highest BCUT2D eigenvalue weighted by molar-refractivity contribution is 5.96. The third kappa shape index (κ3) is 5.53. The van der Waals surface area contributed by atoms with Gasteiger partial charge in [0.05, 0.1) is 19.3 Å². The fourth-order valence-electron chi connectivity index (χ4n) is 3.12. The number of amides is 2. The lowest BCUT2D eigenvalue weighted by atomic mass is 9.86. The van der Waals surface area contributed by atoms with Crippen LogP contribution in [0.25, 0.3) is 0 Å². The molecule has 1 aliphatic rings. The second kappa shape index (κ2) is 9.27. The van der Waals surface area contributed by atoms with Crippen LogP contribution in [0.4, 0.5) is 11.4 Å². The van der Waals surface area contributed by atoms with Crippen LogP contribution in [0.15, 0.2) is 18.2 Å². The molecule has 0 spiro atoms. The molecule has 0 aromatic heterocycles. The fourth-order valence-corrected chi connectivity index (χ4v) is 3.12. The summed E-state index contributed by atoms with van der Waals surface area (Å²) in [5, 5.41) is 5.56. The maximum atomic E-state index is 12.1. The normalized spacial score (nSPS) is 14.9. The van der Waals surface area contributed by atoms with E-state index >= 15 is 0 Å². The topological polar surface area (TPSA) is 93.5 Å². The van der Waals surface area contributed by atoms with Crippen molar-refractivity contribution < 1.29 is 14.3 Å². The minimum absolute atomic E-state index is 0.00171. The number of rotatable bonds is 7. The number of methoxy groups -OCH3 is 1. The van der Waals surface area contributed by atoms with Crippen molar-refractivity contribution in [3.05, 3.63) is 18.2 Å². The van der Waals surface area contributed by atoms with Crippen molar-refractivity contribution in [2.75, 3.05) is 24.3 Å². The highest BCUT2D eigenvalue weighted by Gasteiger charge is 2.15. The van der Waals surface area contributed by atoms with E-state index in [0.29, 0.717) is 29.5 Å². The SMILES string of the molecule is COc1ccc(NC(=O)CCC2CCCCC2)cc1NC(=O)CN. The number of nitrogens with one attached hydrogen (secondary N) is 2. The van der Waals surface area contributed by atoms with Gasteiger partial charge in [0.2, 0.25) is 11.8 Å². The van der Waals surface area contributed by atoms with E-state index in [4.69, 9.17) is 10.5 Å². The number of carbonyl (C=O) groups is 2. The lowest BCUT2D eigenvalue weighted by Crippen LogP contribution is -2.22. The molecule has 0 aliphatic heterocycles. The summed E-state index contributed by atoms with van der Waals surface area (Å²) in [6, 6.07) is 5.16. The van der Waals surface area contributed by atoms with Crippen molar-refractivity contribution >= 4 is 23.2 Å². The summed E-state index contributed by atoms with van der Waals surface area (Å²) in [6.07, 6.45) is 7.85. The Morgan fingerprint density at radius 3 is 2.58 bits per heavy atom. The van der Waals surface area contributed by atoms with Gasteiger partial charge in [-0.1, -0.05) is 32.1 Å². The minimum atomic E-state index is -0.311. The monoisotopic (exact) mass is 333 g/mol. The van der Waals surface area contributed by atoms with Gasteiger partial charge in [-0.15, -0.1) is 0 Å². The highest BCUT2D eigenvalue weighted by atomic mass is 16.5. The third-order valence-electron chi connectivity index (χ3n) is 4.45. The van der Waals surface area contributed by atoms with E-state index in [2.05, 4.69) is 10.6 Å². The van der Waals surface area contributed by atoms with Crippen LogP contribution in [0, 0.1) is 5.92 Å². The summed E-state index contributed by atoms with van der Waals surface area (Å²) >= 11 is 0. The van der Waals surface area contributed by atoms with Crippen molar-refractivity contribution in [1.82, 2.24) is 0 Å². The van der Waals surface area contributed by atoms with Crippen LogP contribution in [0.5, 0.6) is 5.75 Å². The molecule has 6 nitrogen and oxygen atoms in total. The van der Waals surface area contributed by atoms with Crippen LogP contribution in [0.1, 0.15) is 44.9 Å². The van der Waals surface area contributed by atoms with E-state index in [1.807, 2.05) is 0 Å². The molecule has 0 bridgehead atoms. The second-order valence-corrected chi connectivity index (χ2v) is 6.26. The molecule has 0 heterocycles. The molecule has 1 aromatic carbocycles. The van der Waals surface area contributed by atoms with E-state index in [9.17, 15) is 9.59 Å². The van der Waals surface area contributed by atoms with Gasteiger partial charge < -0.3 is 21.1 Å². The minimum Gasteiger partial charge on any atom is -0.495 e. The summed E-state index contributed by atoms with van der Waals surface area (Å²) in [6.45, 7) is -0.110. The summed E-state index contributed by atoms with van der Waals surface area (Å²) in [5.41, 5.74) is 6.45. The molecule has 4 N–H and O–H groups in total. The van der Waals surface area contributed by atoms with Crippen LogP contribution in [-0.4, -0.2) is 25.5 Å². The van der Waals surface area contributed by atoms with Crippen molar-refractivity contribution in [3.63, 3.8) is 0 Å². The molecular formula is C18H27N3O3. The largest absolute Gasteiger partial charge is 0.495 e. The number of nitrogens with two attached hydrogens (primary N) is 1. The second-order valence-electron chi connectivity index (χ2n) is 6.26. The van der Waals surface area contributed by atoms with Gasteiger partial charge >= 0.3 is 0 Å². The number of hydrogen-bond donors (Lipinski definition) is 3. The fraction of sp³-hybridized carbons (Fsp3) is 0.556. The molecule has 132 valence electrons. The Hall–Kier alpha value is -2.08. The lowest BCUT2D eigenvalue weighted by molar-refractivity contribution is -0.116. The quantitative estimate of drug-likeness (QED) is 0.715. The van der Waals surface area contributed by atoms with Gasteiger partial charge in [0.1, 0.15) is 5.75 Å². The first kappa shape index (κ1) is 18.3. The standard InChI is InChI=1S/C18H27N3O3/c1-24-16-9-8-14(11-15(16)21-18(23)12-19)20-17(22)10-7-13-5-3-2-4-6-13/h8-9,11,13H,2-7,10,12,19H2,1H3,(H,20,22)(H,21,23). The first-order valence-electron chi connectivity index (χ1n) is 8.60. The van der Waals surface area contributed by atoms with Crippen LogP contribution >= 0.6 is 0 Å². The Morgan fingerprint density at radius 2 is 1.92 bits per heavy atom. The summed E-state index contributed by atoms with van der Waals surface area (Å²) in [4.78, 5) is 23.6. The average Bonchev–Trinajstić information content (AvgIpc) is 2.61. The molecule has 6 heteroatoms. The highest BCUT2D eigenvalue weighted by Crippen LogP contribution is 2.29. The van der Waals surface area contributed by atoms with Gasteiger partial charge in [-0.2, -0.15) is 0 Å². The Kier molecular flexibility index (Phi) is 7.06. The number of benzene rings is 1. The molecule has 2 rings (SSSR count). The first-order valence-corrected chi connectivity index (χ1v) is 8.60. The van der Waals surface area contributed by atoms with Gasteiger partial charge in [0.25, 0.3) is 0 Å². The molecule has 1 aliphatic carbocycles. The Labute approximate surface area is 143 Å². The summed E-state index contributed by atoms with van der Waals surface area (Å²) < 4.78 is 5.21. The number of ether oxygens (including phenoxy) is 1. The predicted molar refractivity (Wildman–Crippen MR) is 95.1 cm³/mol. The Balaban J connectivity index is 1.91. The zero-order chi connectivity index (χ0) is 17.4. The van der Waals surface area contributed by atoms with E-state index in [-0.39, 0.29) is 18.4 Å². The number of hydrogen-bond acceptors (Lipinski definition) is 4. The number of carbonyl (C=O) groups excluding carboxylic acids is 2. The maximum absolute atomic E-state index is 12.1. The van der Waals surface area contributed by atoms with E-state index < -0.39 is 0 Å². The number of anilines is 2. The average molecular weight is 333 g/mol. The van der Waals surface area contributed by atoms with Crippen molar-refractivity contribution in [3.8, 4) is 5.75 Å². The van der Waals surface area contributed by atoms with Crippen molar-refractivity contribution in [2.45, 2.75) is 44.9 Å². The van der Waals surface area contributed by atoms with E-state index in [0.717, 1.165) is 6.42 Å². The molecule has 1 fully saturated rings. The maximum Gasteiger partial charge on any atom is 0.238 e. The lowest BCUT2D eigenvalue weighted by Gasteiger charge is -2.21. The first-order chi connectivity index (χ1) is 11.6. The van der Waals surface area contributed by atoms with Gasteiger partial charge in [0, 0.05) is 12.1 Å². The van der Waals surface area contributed by atoms with Crippen LogP contribution in [0.3, 0.4) is 0 Å². The zero-order valence-electron chi connectivity index (χ0n) is 14.3. The van der Waals surface area contributed by atoms with Crippen LogP contribution in [0.2, 0.25) is 0 Å². The van der Waals surface area contributed by atoms with Crippen LogP contribution < -0.4 is 21.1 Å². The molecule has 0 radical (unpaired) electrons. The molecule has 1 saturated carbocycles. The van der Waals surface area contributed by atoms with Gasteiger partial charge in [-0.05, 0) is 30.5 Å². The molecule has 0 saturated heterocycles. The summed E-state index contributed by atoms with van der Waals surface area (Å²) in [5.74, 6) is 0.896. The molecule has 0 atom stereocenters. The van der Waals surface area contributed by atoms with E-state index in [1.54, 1.807) is 18.2 Å². The molecule has 1 aromatic rings. The Bertz CT molecular complexity index is 569. The van der Waals surface area contributed by atoms with Gasteiger partial charge in [0.15, 0.2) is 0 Å². The Morgan fingerprint density at radius 1 is 1.17 bits per heavy atom. The van der Waals surface area contributed by atoms with Crippen LogP contribution in [-0.2, 0) is 9.59 Å². The van der Waals surface area contributed by atoms with Crippen molar-refractivity contribution in [1.29, 1.82) is 0 Å². The zero-order valence-corrected chi connectivity index (χ0v) is 14.3. The third-order valence-corrected chi connectivity index (χ3v) is 4.45. The molecular weight excluding hydrogens is 306 g/mol.